The zero-order valence-corrected chi connectivity index (χ0v) is 13.5. The number of anilines is 2. The van der Waals surface area contributed by atoms with Gasteiger partial charge in [-0.05, 0) is 30.3 Å². The van der Waals surface area contributed by atoms with Crippen LogP contribution in [0.2, 0.25) is 10.0 Å². The van der Waals surface area contributed by atoms with E-state index in [-0.39, 0.29) is 0 Å². The topological polar surface area (TPSA) is 59.6 Å². The van der Waals surface area contributed by atoms with Gasteiger partial charge in [0.25, 0.3) is 0 Å². The molecule has 0 radical (unpaired) electrons. The lowest BCUT2D eigenvalue weighted by Crippen LogP contribution is -2.19. The van der Waals surface area contributed by atoms with Crippen molar-refractivity contribution in [3.05, 3.63) is 46.4 Å². The van der Waals surface area contributed by atoms with Crippen LogP contribution < -0.4 is 20.1 Å². The first kappa shape index (κ1) is 16.3. The number of urea groups is 1. The van der Waals surface area contributed by atoms with E-state index in [4.69, 9.17) is 32.7 Å². The van der Waals surface area contributed by atoms with Crippen LogP contribution in [-0.2, 0) is 0 Å². The summed E-state index contributed by atoms with van der Waals surface area (Å²) in [4.78, 5) is 12.1. The average Bonchev–Trinajstić information content (AvgIpc) is 2.45. The van der Waals surface area contributed by atoms with Gasteiger partial charge >= 0.3 is 6.03 Å². The standard InChI is InChI=1S/C15H14Cl2N2O3/c1-21-12-3-4-14(22-2)13(8-12)19-15(20)18-11-6-9(16)5-10(17)7-11/h3-8H,1-2H3,(H2,18,19,20). The predicted molar refractivity (Wildman–Crippen MR) is 88.6 cm³/mol. The van der Waals surface area contributed by atoms with Gasteiger partial charge in [-0.15, -0.1) is 0 Å². The van der Waals surface area contributed by atoms with E-state index in [1.165, 1.54) is 7.11 Å². The van der Waals surface area contributed by atoms with E-state index in [9.17, 15) is 4.79 Å². The van der Waals surface area contributed by atoms with Crippen LogP contribution in [-0.4, -0.2) is 20.3 Å². The first-order chi connectivity index (χ1) is 10.5. The van der Waals surface area contributed by atoms with Crippen LogP contribution in [0.1, 0.15) is 0 Å². The fourth-order valence-corrected chi connectivity index (χ4v) is 2.35. The predicted octanol–water partition coefficient (Wildman–Crippen LogP) is 4.65. The van der Waals surface area contributed by atoms with Gasteiger partial charge in [0.2, 0.25) is 0 Å². The van der Waals surface area contributed by atoms with Gasteiger partial charge in [-0.1, -0.05) is 23.2 Å². The number of nitrogens with one attached hydrogen (secondary N) is 2. The summed E-state index contributed by atoms with van der Waals surface area (Å²) in [6, 6.07) is 9.40. The largest absolute Gasteiger partial charge is 0.497 e. The highest BCUT2D eigenvalue weighted by Gasteiger charge is 2.10. The van der Waals surface area contributed by atoms with Crippen molar-refractivity contribution in [3.63, 3.8) is 0 Å². The zero-order chi connectivity index (χ0) is 16.1. The smallest absolute Gasteiger partial charge is 0.323 e. The molecule has 22 heavy (non-hydrogen) atoms. The van der Waals surface area contributed by atoms with E-state index in [1.807, 2.05) is 0 Å². The lowest BCUT2D eigenvalue weighted by Gasteiger charge is -2.12. The van der Waals surface area contributed by atoms with Crippen LogP contribution in [0.15, 0.2) is 36.4 Å². The van der Waals surface area contributed by atoms with Crippen LogP contribution in [0.3, 0.4) is 0 Å². The number of amides is 2. The maximum absolute atomic E-state index is 12.1. The third kappa shape index (κ3) is 4.19. The van der Waals surface area contributed by atoms with Gasteiger partial charge in [0, 0.05) is 21.8 Å². The third-order valence-electron chi connectivity index (χ3n) is 2.78. The Morgan fingerprint density at radius 1 is 0.955 bits per heavy atom. The Kier molecular flexibility index (Phi) is 5.35. The van der Waals surface area contributed by atoms with Crippen LogP contribution in [0, 0.1) is 0 Å². The summed E-state index contributed by atoms with van der Waals surface area (Å²) in [5.74, 6) is 1.11. The molecule has 5 nitrogen and oxygen atoms in total. The summed E-state index contributed by atoms with van der Waals surface area (Å²) in [5.41, 5.74) is 0.962. The summed E-state index contributed by atoms with van der Waals surface area (Å²) in [6.07, 6.45) is 0. The summed E-state index contributed by atoms with van der Waals surface area (Å²) < 4.78 is 10.3. The molecule has 0 heterocycles. The molecule has 2 N–H and O–H groups in total. The number of rotatable bonds is 4. The van der Waals surface area contributed by atoms with Gasteiger partial charge in [-0.3, -0.25) is 0 Å². The van der Waals surface area contributed by atoms with Crippen molar-refractivity contribution in [1.82, 2.24) is 0 Å². The number of halogens is 2. The molecule has 2 aromatic carbocycles. The number of benzene rings is 2. The van der Waals surface area contributed by atoms with Gasteiger partial charge in [0.15, 0.2) is 0 Å². The minimum atomic E-state index is -0.454. The number of ether oxygens (including phenoxy) is 2. The van der Waals surface area contributed by atoms with E-state index < -0.39 is 6.03 Å². The van der Waals surface area contributed by atoms with E-state index in [2.05, 4.69) is 10.6 Å². The van der Waals surface area contributed by atoms with Gasteiger partial charge in [0.05, 0.1) is 19.9 Å². The Balaban J connectivity index is 2.14. The van der Waals surface area contributed by atoms with Crippen molar-refractivity contribution in [2.45, 2.75) is 0 Å². The maximum Gasteiger partial charge on any atom is 0.323 e. The van der Waals surface area contributed by atoms with Crippen LogP contribution in [0.4, 0.5) is 16.2 Å². The average molecular weight is 341 g/mol. The van der Waals surface area contributed by atoms with Crippen molar-refractivity contribution < 1.29 is 14.3 Å². The van der Waals surface area contributed by atoms with E-state index in [1.54, 1.807) is 43.5 Å². The number of hydrogen-bond donors (Lipinski definition) is 2. The monoisotopic (exact) mass is 340 g/mol. The SMILES string of the molecule is COc1ccc(OC)c(NC(=O)Nc2cc(Cl)cc(Cl)c2)c1. The molecule has 116 valence electrons. The third-order valence-corrected chi connectivity index (χ3v) is 3.21. The number of methoxy groups -OCH3 is 2. The molecule has 0 aliphatic carbocycles. The van der Waals surface area contributed by atoms with Gasteiger partial charge in [-0.25, -0.2) is 4.79 Å². The van der Waals surface area contributed by atoms with Gasteiger partial charge in [-0.2, -0.15) is 0 Å². The minimum absolute atomic E-state index is 0.432. The number of carbonyl (C=O) groups is 1. The Morgan fingerprint density at radius 2 is 1.64 bits per heavy atom. The molecule has 2 rings (SSSR count). The van der Waals surface area contributed by atoms with E-state index >= 15 is 0 Å². The Morgan fingerprint density at radius 3 is 2.23 bits per heavy atom. The zero-order valence-electron chi connectivity index (χ0n) is 11.9. The van der Waals surface area contributed by atoms with Crippen molar-refractivity contribution in [3.8, 4) is 11.5 Å². The lowest BCUT2D eigenvalue weighted by atomic mass is 10.2. The summed E-state index contributed by atoms with van der Waals surface area (Å²) in [5, 5.41) is 6.19. The molecule has 2 amide bonds. The highest BCUT2D eigenvalue weighted by atomic mass is 35.5. The van der Waals surface area contributed by atoms with Crippen molar-refractivity contribution >= 4 is 40.6 Å². The molecule has 0 aliphatic heterocycles. The Bertz CT molecular complexity index is 672. The molecule has 0 atom stereocenters. The molecule has 2 aromatic rings. The fourth-order valence-electron chi connectivity index (χ4n) is 1.82. The Hall–Kier alpha value is -2.11. The minimum Gasteiger partial charge on any atom is -0.497 e. The molecular weight excluding hydrogens is 327 g/mol. The molecule has 0 saturated heterocycles. The first-order valence-corrected chi connectivity index (χ1v) is 7.03. The highest BCUT2D eigenvalue weighted by Crippen LogP contribution is 2.29. The fraction of sp³-hybridized carbons (Fsp3) is 0.133. The second-order valence-electron chi connectivity index (χ2n) is 4.30. The summed E-state index contributed by atoms with van der Waals surface area (Å²) in [7, 11) is 3.06. The van der Waals surface area contributed by atoms with Crippen molar-refractivity contribution in [2.24, 2.45) is 0 Å². The molecule has 0 aliphatic rings. The first-order valence-electron chi connectivity index (χ1n) is 6.28. The molecule has 0 aromatic heterocycles. The molecule has 0 saturated carbocycles. The van der Waals surface area contributed by atoms with Crippen molar-refractivity contribution in [2.75, 3.05) is 24.9 Å². The van der Waals surface area contributed by atoms with E-state index in [0.717, 1.165) is 0 Å². The van der Waals surface area contributed by atoms with Gasteiger partial charge < -0.3 is 20.1 Å². The lowest BCUT2D eigenvalue weighted by molar-refractivity contribution is 0.262. The van der Waals surface area contributed by atoms with Crippen LogP contribution >= 0.6 is 23.2 Å². The number of hydrogen-bond acceptors (Lipinski definition) is 3. The molecule has 0 fully saturated rings. The normalized spacial score (nSPS) is 10.0. The van der Waals surface area contributed by atoms with Crippen LogP contribution in [0.5, 0.6) is 11.5 Å². The highest BCUT2D eigenvalue weighted by molar-refractivity contribution is 6.35. The second-order valence-corrected chi connectivity index (χ2v) is 5.18. The Labute approximate surface area is 138 Å². The van der Waals surface area contributed by atoms with Crippen molar-refractivity contribution in [1.29, 1.82) is 0 Å². The second kappa shape index (κ2) is 7.24. The molecule has 0 unspecified atom stereocenters. The quantitative estimate of drug-likeness (QED) is 0.851. The summed E-state index contributed by atoms with van der Waals surface area (Å²) in [6.45, 7) is 0. The molecule has 7 heteroatoms. The molecule has 0 bridgehead atoms. The van der Waals surface area contributed by atoms with E-state index in [0.29, 0.717) is 32.9 Å². The number of carbonyl (C=O) groups excluding carboxylic acids is 1. The summed E-state index contributed by atoms with van der Waals surface area (Å²) >= 11 is 11.8. The van der Waals surface area contributed by atoms with Crippen LogP contribution in [0.25, 0.3) is 0 Å². The van der Waals surface area contributed by atoms with Gasteiger partial charge in [0.1, 0.15) is 11.5 Å². The maximum atomic E-state index is 12.1. The molecule has 0 spiro atoms. The molecular formula is C15H14Cl2N2O3.